The van der Waals surface area contributed by atoms with Gasteiger partial charge in [0.25, 0.3) is 5.56 Å². The molecule has 29 heavy (non-hydrogen) atoms. The van der Waals surface area contributed by atoms with Crippen molar-refractivity contribution in [2.75, 3.05) is 11.9 Å². The van der Waals surface area contributed by atoms with E-state index >= 15 is 0 Å². The molecule has 1 aromatic heterocycles. The summed E-state index contributed by atoms with van der Waals surface area (Å²) >= 11 is 0. The van der Waals surface area contributed by atoms with Gasteiger partial charge in [0.15, 0.2) is 11.6 Å². The molecule has 1 atom stereocenters. The minimum Gasteiger partial charge on any atom is -0.316 e. The first-order chi connectivity index (χ1) is 13.8. The second-order valence-electron chi connectivity index (χ2n) is 7.27. The van der Waals surface area contributed by atoms with E-state index in [0.29, 0.717) is 12.2 Å². The molecule has 3 aromatic rings. The summed E-state index contributed by atoms with van der Waals surface area (Å²) in [7, 11) is 0. The number of halogens is 2. The number of hydrogen-bond acceptors (Lipinski definition) is 3. The molecule has 6 nitrogen and oxygen atoms in total. The van der Waals surface area contributed by atoms with Crippen LogP contribution in [0.25, 0.3) is 10.8 Å². The Bertz CT molecular complexity index is 1080. The number of hydrogen-bond donors (Lipinski definition) is 2. The molecule has 0 fully saturated rings. The molecule has 2 amide bonds. The van der Waals surface area contributed by atoms with Gasteiger partial charge in [-0.05, 0) is 37.1 Å². The third kappa shape index (κ3) is 4.42. The van der Waals surface area contributed by atoms with E-state index in [9.17, 15) is 18.4 Å². The van der Waals surface area contributed by atoms with Crippen LogP contribution in [0.5, 0.6) is 0 Å². The summed E-state index contributed by atoms with van der Waals surface area (Å²) in [6.07, 6.45) is 0. The summed E-state index contributed by atoms with van der Waals surface area (Å²) < 4.78 is 27.5. The first-order valence-electron chi connectivity index (χ1n) is 9.28. The van der Waals surface area contributed by atoms with E-state index in [4.69, 9.17) is 0 Å². The van der Waals surface area contributed by atoms with E-state index in [1.807, 2.05) is 19.9 Å². The molecule has 0 saturated carbocycles. The quantitative estimate of drug-likeness (QED) is 0.664. The average Bonchev–Trinajstić information content (AvgIpc) is 2.68. The standard InChI is InChI=1S/C21H22F2N4O2/c1-12(2)11-27(21(29)24-14-7-5-4-6-8-14)13(3)19-15-9-17(22)18(23)10-16(15)20(28)26-25-19/h4-10,12-13H,11H2,1-3H3,(H,24,29)(H,26,28)/t13-/m1/s1. The monoisotopic (exact) mass is 400 g/mol. The van der Waals surface area contributed by atoms with Crippen LogP contribution in [0.4, 0.5) is 19.3 Å². The highest BCUT2D eigenvalue weighted by molar-refractivity contribution is 5.90. The van der Waals surface area contributed by atoms with Crippen LogP contribution in [0, 0.1) is 17.6 Å². The van der Waals surface area contributed by atoms with E-state index in [1.54, 1.807) is 36.1 Å². The number of carbonyl (C=O) groups is 1. The maximum absolute atomic E-state index is 13.9. The minimum atomic E-state index is -1.12. The van der Waals surface area contributed by atoms with E-state index in [0.717, 1.165) is 12.1 Å². The summed E-state index contributed by atoms with van der Waals surface area (Å²) in [5.41, 5.74) is 0.284. The molecule has 8 heteroatoms. The fourth-order valence-electron chi connectivity index (χ4n) is 3.17. The SMILES string of the molecule is CC(C)CN(C(=O)Nc1ccccc1)[C@H](C)c1n[nH]c(=O)c2cc(F)c(F)cc12. The van der Waals surface area contributed by atoms with Gasteiger partial charge >= 0.3 is 6.03 Å². The molecule has 0 saturated heterocycles. The number of H-pyrrole nitrogens is 1. The smallest absolute Gasteiger partial charge is 0.316 e. The van der Waals surface area contributed by atoms with E-state index in [2.05, 4.69) is 15.5 Å². The predicted octanol–water partition coefficient (Wildman–Crippen LogP) is 4.45. The van der Waals surface area contributed by atoms with Crippen LogP contribution >= 0.6 is 0 Å². The Morgan fingerprint density at radius 3 is 2.34 bits per heavy atom. The van der Waals surface area contributed by atoms with Crippen molar-refractivity contribution in [1.82, 2.24) is 15.1 Å². The summed E-state index contributed by atoms with van der Waals surface area (Å²) in [5, 5.41) is 9.34. The lowest BCUT2D eigenvalue weighted by Crippen LogP contribution is -2.40. The molecule has 152 valence electrons. The largest absolute Gasteiger partial charge is 0.322 e. The number of nitrogens with zero attached hydrogens (tertiary/aromatic N) is 2. The number of aromatic amines is 1. The number of rotatable bonds is 5. The lowest BCUT2D eigenvalue weighted by atomic mass is 10.0. The van der Waals surface area contributed by atoms with Gasteiger partial charge in [-0.3, -0.25) is 4.79 Å². The van der Waals surface area contributed by atoms with E-state index < -0.39 is 23.2 Å². The van der Waals surface area contributed by atoms with Crippen molar-refractivity contribution in [3.63, 3.8) is 0 Å². The van der Waals surface area contributed by atoms with E-state index in [-0.39, 0.29) is 28.4 Å². The Morgan fingerprint density at radius 2 is 1.72 bits per heavy atom. The van der Waals surface area contributed by atoms with Gasteiger partial charge in [-0.25, -0.2) is 18.7 Å². The third-order valence-corrected chi connectivity index (χ3v) is 4.57. The molecule has 3 rings (SSSR count). The lowest BCUT2D eigenvalue weighted by Gasteiger charge is -2.31. The second kappa shape index (κ2) is 8.38. The number of nitrogens with one attached hydrogen (secondary N) is 2. The Hall–Kier alpha value is -3.29. The van der Waals surface area contributed by atoms with Gasteiger partial charge < -0.3 is 10.2 Å². The second-order valence-corrected chi connectivity index (χ2v) is 7.27. The summed E-state index contributed by atoms with van der Waals surface area (Å²) in [5.74, 6) is -2.06. The highest BCUT2D eigenvalue weighted by atomic mass is 19.2. The minimum absolute atomic E-state index is 0.0197. The maximum atomic E-state index is 13.9. The zero-order valence-electron chi connectivity index (χ0n) is 16.4. The summed E-state index contributed by atoms with van der Waals surface area (Å²) in [6, 6.07) is 9.81. The molecule has 0 aliphatic rings. The van der Waals surface area contributed by atoms with Crippen molar-refractivity contribution in [1.29, 1.82) is 0 Å². The number of urea groups is 1. The Kier molecular flexibility index (Phi) is 5.91. The Morgan fingerprint density at radius 1 is 1.10 bits per heavy atom. The third-order valence-electron chi connectivity index (χ3n) is 4.57. The van der Waals surface area contributed by atoms with Gasteiger partial charge in [-0.2, -0.15) is 5.10 Å². The first kappa shape index (κ1) is 20.4. The van der Waals surface area contributed by atoms with E-state index in [1.165, 1.54) is 0 Å². The van der Waals surface area contributed by atoms with Crippen molar-refractivity contribution in [2.24, 2.45) is 5.92 Å². The fraction of sp³-hybridized carbons (Fsp3) is 0.286. The number of benzene rings is 2. The molecule has 0 radical (unpaired) electrons. The van der Waals surface area contributed by atoms with Crippen LogP contribution < -0.4 is 10.9 Å². The maximum Gasteiger partial charge on any atom is 0.322 e. The zero-order chi connectivity index (χ0) is 21.1. The van der Waals surface area contributed by atoms with Gasteiger partial charge in [0.2, 0.25) is 0 Å². The highest BCUT2D eigenvalue weighted by Gasteiger charge is 2.26. The van der Waals surface area contributed by atoms with Gasteiger partial charge in [0, 0.05) is 17.6 Å². The van der Waals surface area contributed by atoms with Gasteiger partial charge in [0.1, 0.15) is 0 Å². The van der Waals surface area contributed by atoms with Gasteiger partial charge in [0.05, 0.1) is 17.1 Å². The number of fused-ring (bicyclic) bond motifs is 1. The van der Waals surface area contributed by atoms with Gasteiger partial charge in [-0.15, -0.1) is 0 Å². The van der Waals surface area contributed by atoms with Crippen LogP contribution in [-0.4, -0.2) is 27.7 Å². The van der Waals surface area contributed by atoms with Crippen molar-refractivity contribution < 1.29 is 13.6 Å². The number of carbonyl (C=O) groups excluding carboxylic acids is 1. The lowest BCUT2D eigenvalue weighted by molar-refractivity contribution is 0.182. The summed E-state index contributed by atoms with van der Waals surface area (Å²) in [6.45, 7) is 6.05. The van der Waals surface area contributed by atoms with Crippen LogP contribution in [-0.2, 0) is 0 Å². The molecule has 0 spiro atoms. The van der Waals surface area contributed by atoms with Crippen molar-refractivity contribution in [3.8, 4) is 0 Å². The normalized spacial score (nSPS) is 12.2. The molecule has 0 unspecified atom stereocenters. The molecule has 0 aliphatic heterocycles. The molecule has 2 N–H and O–H groups in total. The number of para-hydroxylation sites is 1. The van der Waals surface area contributed by atoms with Crippen LogP contribution in [0.2, 0.25) is 0 Å². The van der Waals surface area contributed by atoms with Crippen LogP contribution in [0.15, 0.2) is 47.3 Å². The average molecular weight is 400 g/mol. The molecular formula is C21H22F2N4O2. The topological polar surface area (TPSA) is 78.1 Å². The molecule has 1 heterocycles. The highest BCUT2D eigenvalue weighted by Crippen LogP contribution is 2.27. The number of anilines is 1. The zero-order valence-corrected chi connectivity index (χ0v) is 16.4. The molecule has 2 aromatic carbocycles. The van der Waals surface area contributed by atoms with Crippen molar-refractivity contribution >= 4 is 22.5 Å². The number of aromatic nitrogens is 2. The van der Waals surface area contributed by atoms with Gasteiger partial charge in [-0.1, -0.05) is 32.0 Å². The van der Waals surface area contributed by atoms with Crippen LogP contribution in [0.1, 0.15) is 32.5 Å². The Balaban J connectivity index is 2.03. The van der Waals surface area contributed by atoms with Crippen LogP contribution in [0.3, 0.4) is 0 Å². The summed E-state index contributed by atoms with van der Waals surface area (Å²) in [4.78, 5) is 26.6. The van der Waals surface area contributed by atoms with Crippen molar-refractivity contribution in [2.45, 2.75) is 26.8 Å². The fourth-order valence-corrected chi connectivity index (χ4v) is 3.17. The Labute approximate surface area is 166 Å². The predicted molar refractivity (Wildman–Crippen MR) is 108 cm³/mol. The van der Waals surface area contributed by atoms with Crippen molar-refractivity contribution in [3.05, 3.63) is 70.1 Å². The molecule has 0 bridgehead atoms. The molecular weight excluding hydrogens is 378 g/mol. The molecule has 0 aliphatic carbocycles. The number of amides is 2. The first-order valence-corrected chi connectivity index (χ1v) is 9.28.